The number of carboxylic acids is 1. The molecule has 0 radical (unpaired) electrons. The second kappa shape index (κ2) is 6.30. The van der Waals surface area contributed by atoms with Crippen LogP contribution >= 0.6 is 0 Å². The molecule has 21 heavy (non-hydrogen) atoms. The lowest BCUT2D eigenvalue weighted by molar-refractivity contribution is -0.131. The fourth-order valence-electron chi connectivity index (χ4n) is 2.58. The van der Waals surface area contributed by atoms with E-state index in [2.05, 4.69) is 4.72 Å². The van der Waals surface area contributed by atoms with Crippen molar-refractivity contribution in [2.45, 2.75) is 37.9 Å². The standard InChI is InChI=1S/C15H19NO4S/c1-11-8-12(6-7-15(17)18)10-13(9-11)16-21(19,20)14-4-2-3-5-14/h6-10,14,16H,2-5H2,1H3,(H,17,18)/b7-6+. The van der Waals surface area contributed by atoms with Crippen LogP contribution in [0.1, 0.15) is 36.8 Å². The molecule has 1 fully saturated rings. The molecule has 0 amide bonds. The van der Waals surface area contributed by atoms with Crippen molar-refractivity contribution in [2.24, 2.45) is 0 Å². The lowest BCUT2D eigenvalue weighted by atomic mass is 10.1. The minimum Gasteiger partial charge on any atom is -0.478 e. The van der Waals surface area contributed by atoms with Gasteiger partial charge in [-0.2, -0.15) is 0 Å². The molecule has 0 saturated heterocycles. The smallest absolute Gasteiger partial charge is 0.328 e. The molecule has 0 spiro atoms. The van der Waals surface area contributed by atoms with E-state index >= 15 is 0 Å². The summed E-state index contributed by atoms with van der Waals surface area (Å²) in [5, 5.41) is 8.32. The van der Waals surface area contributed by atoms with Crippen LogP contribution in [-0.2, 0) is 14.8 Å². The Balaban J connectivity index is 2.21. The highest BCUT2D eigenvalue weighted by Crippen LogP contribution is 2.27. The predicted octanol–water partition coefficient (Wildman–Crippen LogP) is 2.78. The topological polar surface area (TPSA) is 83.5 Å². The summed E-state index contributed by atoms with van der Waals surface area (Å²) in [5.74, 6) is -1.04. The van der Waals surface area contributed by atoms with E-state index in [1.54, 1.807) is 18.2 Å². The molecule has 0 unspecified atom stereocenters. The molecule has 1 aliphatic rings. The summed E-state index contributed by atoms with van der Waals surface area (Å²) >= 11 is 0. The van der Waals surface area contributed by atoms with Crippen LogP contribution in [0.15, 0.2) is 24.3 Å². The summed E-state index contributed by atoms with van der Waals surface area (Å²) in [6.07, 6.45) is 5.78. The summed E-state index contributed by atoms with van der Waals surface area (Å²) in [6, 6.07) is 5.18. The number of anilines is 1. The van der Waals surface area contributed by atoms with E-state index in [0.29, 0.717) is 24.1 Å². The van der Waals surface area contributed by atoms with Crippen molar-refractivity contribution < 1.29 is 18.3 Å². The normalized spacial score (nSPS) is 16.4. The van der Waals surface area contributed by atoms with Gasteiger partial charge in [-0.1, -0.05) is 18.9 Å². The highest BCUT2D eigenvalue weighted by atomic mass is 32.2. The Morgan fingerprint density at radius 3 is 2.57 bits per heavy atom. The quantitative estimate of drug-likeness (QED) is 0.819. The van der Waals surface area contributed by atoms with Gasteiger partial charge in [0.15, 0.2) is 0 Å². The zero-order chi connectivity index (χ0) is 15.5. The molecule has 6 heteroatoms. The summed E-state index contributed by atoms with van der Waals surface area (Å²) in [4.78, 5) is 10.5. The van der Waals surface area contributed by atoms with Gasteiger partial charge in [0.1, 0.15) is 0 Å². The molecule has 5 nitrogen and oxygen atoms in total. The lowest BCUT2D eigenvalue weighted by Gasteiger charge is -2.14. The van der Waals surface area contributed by atoms with Gasteiger partial charge in [-0.15, -0.1) is 0 Å². The van der Waals surface area contributed by atoms with Crippen molar-refractivity contribution in [2.75, 3.05) is 4.72 Å². The Hall–Kier alpha value is -1.82. The number of hydrogen-bond donors (Lipinski definition) is 2. The van der Waals surface area contributed by atoms with Gasteiger partial charge in [-0.05, 0) is 49.1 Å². The van der Waals surface area contributed by atoms with Crippen LogP contribution in [0.5, 0.6) is 0 Å². The number of benzene rings is 1. The van der Waals surface area contributed by atoms with Crippen molar-refractivity contribution in [3.05, 3.63) is 35.4 Å². The molecule has 114 valence electrons. The maximum Gasteiger partial charge on any atom is 0.328 e. The number of carboxylic acid groups (broad SMARTS) is 1. The number of nitrogens with one attached hydrogen (secondary N) is 1. The minimum atomic E-state index is -3.37. The Kier molecular flexibility index (Phi) is 4.67. The highest BCUT2D eigenvalue weighted by Gasteiger charge is 2.28. The van der Waals surface area contributed by atoms with Crippen LogP contribution in [0.4, 0.5) is 5.69 Å². The average Bonchev–Trinajstić information content (AvgIpc) is 2.89. The fourth-order valence-corrected chi connectivity index (χ4v) is 4.15. The minimum absolute atomic E-state index is 0.323. The number of sulfonamides is 1. The molecule has 0 atom stereocenters. The molecule has 0 aromatic heterocycles. The van der Waals surface area contributed by atoms with Crippen molar-refractivity contribution in [3.63, 3.8) is 0 Å². The van der Waals surface area contributed by atoms with E-state index in [1.807, 2.05) is 6.92 Å². The number of carbonyl (C=O) groups is 1. The predicted molar refractivity (Wildman–Crippen MR) is 82.6 cm³/mol. The summed E-state index contributed by atoms with van der Waals surface area (Å²) in [6.45, 7) is 1.84. The first-order chi connectivity index (χ1) is 9.87. The van der Waals surface area contributed by atoms with Crippen molar-refractivity contribution >= 4 is 27.8 Å². The Morgan fingerprint density at radius 2 is 1.95 bits per heavy atom. The Morgan fingerprint density at radius 1 is 1.29 bits per heavy atom. The zero-order valence-electron chi connectivity index (χ0n) is 11.9. The monoisotopic (exact) mass is 309 g/mol. The molecule has 1 aromatic rings. The largest absolute Gasteiger partial charge is 0.478 e. The van der Waals surface area contributed by atoms with Crippen molar-refractivity contribution in [3.8, 4) is 0 Å². The van der Waals surface area contributed by atoms with E-state index in [9.17, 15) is 13.2 Å². The maximum absolute atomic E-state index is 12.3. The van der Waals surface area contributed by atoms with Crippen LogP contribution in [0.25, 0.3) is 6.08 Å². The second-order valence-electron chi connectivity index (χ2n) is 5.36. The van der Waals surface area contributed by atoms with E-state index < -0.39 is 16.0 Å². The van der Waals surface area contributed by atoms with Crippen molar-refractivity contribution in [1.82, 2.24) is 0 Å². The molecule has 1 saturated carbocycles. The fraction of sp³-hybridized carbons (Fsp3) is 0.400. The first kappa shape index (κ1) is 15.6. The van der Waals surface area contributed by atoms with Crippen LogP contribution in [0.3, 0.4) is 0 Å². The molecular formula is C15H19NO4S. The van der Waals surface area contributed by atoms with Crippen LogP contribution in [0, 0.1) is 6.92 Å². The Bertz CT molecular complexity index is 658. The molecule has 1 aromatic carbocycles. The summed E-state index contributed by atoms with van der Waals surface area (Å²) in [5.41, 5.74) is 2.00. The van der Waals surface area contributed by atoms with E-state index in [1.165, 1.54) is 6.08 Å². The first-order valence-electron chi connectivity index (χ1n) is 6.91. The first-order valence-corrected chi connectivity index (χ1v) is 8.46. The zero-order valence-corrected chi connectivity index (χ0v) is 12.7. The summed E-state index contributed by atoms with van der Waals surface area (Å²) < 4.78 is 27.2. The SMILES string of the molecule is Cc1cc(/C=C/C(=O)O)cc(NS(=O)(=O)C2CCCC2)c1. The molecule has 0 bridgehead atoms. The number of aliphatic carboxylic acids is 1. The highest BCUT2D eigenvalue weighted by molar-refractivity contribution is 7.93. The van der Waals surface area contributed by atoms with Gasteiger partial charge >= 0.3 is 5.97 Å². The Labute approximate surface area is 124 Å². The third kappa shape index (κ3) is 4.32. The van der Waals surface area contributed by atoms with Crippen LogP contribution < -0.4 is 4.72 Å². The van der Waals surface area contributed by atoms with Gasteiger partial charge in [0.05, 0.1) is 5.25 Å². The van der Waals surface area contributed by atoms with E-state index in [4.69, 9.17) is 5.11 Å². The molecule has 0 aliphatic heterocycles. The number of rotatable bonds is 5. The van der Waals surface area contributed by atoms with E-state index in [0.717, 1.165) is 24.5 Å². The van der Waals surface area contributed by atoms with Gasteiger partial charge in [0.2, 0.25) is 10.0 Å². The van der Waals surface area contributed by atoms with Gasteiger partial charge in [0.25, 0.3) is 0 Å². The molecular weight excluding hydrogens is 290 g/mol. The summed E-state index contributed by atoms with van der Waals surface area (Å²) in [7, 11) is -3.37. The van der Waals surface area contributed by atoms with Crippen molar-refractivity contribution in [1.29, 1.82) is 0 Å². The van der Waals surface area contributed by atoms with Gasteiger partial charge in [0, 0.05) is 11.8 Å². The maximum atomic E-state index is 12.3. The van der Waals surface area contributed by atoms with Crippen LogP contribution in [-0.4, -0.2) is 24.7 Å². The second-order valence-corrected chi connectivity index (χ2v) is 7.32. The number of hydrogen-bond acceptors (Lipinski definition) is 3. The average molecular weight is 309 g/mol. The molecule has 2 N–H and O–H groups in total. The number of aryl methyl sites for hydroxylation is 1. The van der Waals surface area contributed by atoms with Gasteiger partial charge in [-0.3, -0.25) is 4.72 Å². The molecule has 0 heterocycles. The van der Waals surface area contributed by atoms with E-state index in [-0.39, 0.29) is 5.25 Å². The molecule has 2 rings (SSSR count). The third-order valence-corrected chi connectivity index (χ3v) is 5.39. The van der Waals surface area contributed by atoms with Crippen LogP contribution in [0.2, 0.25) is 0 Å². The van der Waals surface area contributed by atoms with Gasteiger partial charge in [-0.25, -0.2) is 13.2 Å². The van der Waals surface area contributed by atoms with Gasteiger partial charge < -0.3 is 5.11 Å². The molecule has 1 aliphatic carbocycles. The third-order valence-electron chi connectivity index (χ3n) is 3.52. The lowest BCUT2D eigenvalue weighted by Crippen LogP contribution is -2.25.